The van der Waals surface area contributed by atoms with Crippen molar-refractivity contribution in [2.75, 3.05) is 27.7 Å². The topological polar surface area (TPSA) is 38.8 Å². The normalized spacial score (nSPS) is 19.5. The fraction of sp³-hybridized carbons (Fsp3) is 0.350. The van der Waals surface area contributed by atoms with E-state index in [1.54, 1.807) is 13.2 Å². The second-order valence-corrected chi connectivity index (χ2v) is 7.04. The molecule has 132 valence electrons. The smallest absolute Gasteiger partial charge is 0.339 e. The number of methoxy groups -OCH3 is 1. The Bertz CT molecular complexity index is 773. The molecule has 0 saturated carbocycles. The maximum atomic E-state index is 12.7. The lowest BCUT2D eigenvalue weighted by molar-refractivity contribution is -0.0359. The number of halogens is 1. The molecule has 0 aromatic heterocycles. The van der Waals surface area contributed by atoms with Crippen LogP contribution in [-0.2, 0) is 16.8 Å². The van der Waals surface area contributed by atoms with Gasteiger partial charge in [0.05, 0.1) is 12.7 Å². The number of benzene rings is 2. The summed E-state index contributed by atoms with van der Waals surface area (Å²) in [5.74, 6) is 0.409. The summed E-state index contributed by atoms with van der Waals surface area (Å²) in [4.78, 5) is 14.8. The van der Waals surface area contributed by atoms with Gasteiger partial charge in [0.15, 0.2) is 0 Å². The maximum Gasteiger partial charge on any atom is 0.339 e. The molecule has 1 aliphatic heterocycles. The summed E-state index contributed by atoms with van der Waals surface area (Å²) in [5, 5.41) is 0.659. The lowest BCUT2D eigenvalue weighted by atomic mass is 9.80. The van der Waals surface area contributed by atoms with E-state index < -0.39 is 5.60 Å². The third-order valence-corrected chi connectivity index (χ3v) is 4.91. The molecule has 3 rings (SSSR count). The van der Waals surface area contributed by atoms with Crippen molar-refractivity contribution in [3.8, 4) is 5.75 Å². The average molecular weight is 360 g/mol. The Labute approximate surface area is 153 Å². The van der Waals surface area contributed by atoms with Crippen LogP contribution < -0.4 is 4.74 Å². The van der Waals surface area contributed by atoms with Crippen LogP contribution in [-0.4, -0.2) is 38.6 Å². The number of cyclic esters (lactones) is 1. The minimum absolute atomic E-state index is 0.311. The third kappa shape index (κ3) is 3.51. The highest BCUT2D eigenvalue weighted by Crippen LogP contribution is 2.42. The van der Waals surface area contributed by atoms with Crippen LogP contribution in [0.3, 0.4) is 0 Å². The van der Waals surface area contributed by atoms with Gasteiger partial charge in [-0.25, -0.2) is 4.79 Å². The number of carbonyl (C=O) groups excluding carboxylic acids is 1. The average Bonchev–Trinajstić information content (AvgIpc) is 2.60. The van der Waals surface area contributed by atoms with Gasteiger partial charge in [0.25, 0.3) is 0 Å². The standard InChI is InChI=1S/C20H22ClNO3/c1-22(2)12-11-20(14-7-9-15(21)10-8-14)13-17-16(19(23)25-20)5-4-6-18(17)24-3/h4-10H,11-13H2,1-3H3. The highest BCUT2D eigenvalue weighted by atomic mass is 35.5. The lowest BCUT2D eigenvalue weighted by Crippen LogP contribution is -2.41. The number of nitrogens with zero attached hydrogens (tertiary/aromatic N) is 1. The molecule has 0 fully saturated rings. The van der Waals surface area contributed by atoms with Crippen molar-refractivity contribution >= 4 is 17.6 Å². The second kappa shape index (κ2) is 7.06. The molecule has 0 radical (unpaired) electrons. The van der Waals surface area contributed by atoms with Crippen LogP contribution in [0.2, 0.25) is 5.02 Å². The summed E-state index contributed by atoms with van der Waals surface area (Å²) in [7, 11) is 5.64. The van der Waals surface area contributed by atoms with Crippen molar-refractivity contribution in [1.82, 2.24) is 4.90 Å². The Morgan fingerprint density at radius 3 is 2.56 bits per heavy atom. The Morgan fingerprint density at radius 1 is 1.20 bits per heavy atom. The minimum atomic E-state index is -0.729. The quantitative estimate of drug-likeness (QED) is 0.759. The summed E-state index contributed by atoms with van der Waals surface area (Å²) >= 11 is 6.04. The zero-order valence-electron chi connectivity index (χ0n) is 14.7. The van der Waals surface area contributed by atoms with Crippen molar-refractivity contribution in [1.29, 1.82) is 0 Å². The highest BCUT2D eigenvalue weighted by Gasteiger charge is 2.42. The largest absolute Gasteiger partial charge is 0.496 e. The number of esters is 1. The van der Waals surface area contributed by atoms with Crippen LogP contribution in [0, 0.1) is 0 Å². The molecule has 1 atom stereocenters. The van der Waals surface area contributed by atoms with Crippen LogP contribution in [0.15, 0.2) is 42.5 Å². The second-order valence-electron chi connectivity index (χ2n) is 6.61. The van der Waals surface area contributed by atoms with Gasteiger partial charge in [0, 0.05) is 30.0 Å². The van der Waals surface area contributed by atoms with Gasteiger partial charge in [0.1, 0.15) is 11.4 Å². The number of fused-ring (bicyclic) bond motifs is 1. The Balaban J connectivity index is 2.09. The predicted octanol–water partition coefficient (Wildman–Crippen LogP) is 3.91. The first kappa shape index (κ1) is 17.8. The highest BCUT2D eigenvalue weighted by molar-refractivity contribution is 6.30. The summed E-state index contributed by atoms with van der Waals surface area (Å²) in [6.07, 6.45) is 1.26. The monoisotopic (exact) mass is 359 g/mol. The maximum absolute atomic E-state index is 12.7. The summed E-state index contributed by atoms with van der Waals surface area (Å²) in [5.41, 5.74) is 1.69. The molecule has 0 N–H and O–H groups in total. The van der Waals surface area contributed by atoms with Gasteiger partial charge in [0.2, 0.25) is 0 Å². The first-order valence-electron chi connectivity index (χ1n) is 8.25. The zero-order valence-corrected chi connectivity index (χ0v) is 15.5. The number of hydrogen-bond donors (Lipinski definition) is 0. The lowest BCUT2D eigenvalue weighted by Gasteiger charge is -2.39. The number of carbonyl (C=O) groups is 1. The molecule has 25 heavy (non-hydrogen) atoms. The van der Waals surface area contributed by atoms with E-state index in [-0.39, 0.29) is 5.97 Å². The van der Waals surface area contributed by atoms with Gasteiger partial charge < -0.3 is 14.4 Å². The van der Waals surface area contributed by atoms with Gasteiger partial charge >= 0.3 is 5.97 Å². The molecular weight excluding hydrogens is 338 g/mol. The van der Waals surface area contributed by atoms with Gasteiger partial charge in [-0.1, -0.05) is 29.8 Å². The van der Waals surface area contributed by atoms with Crippen LogP contribution >= 0.6 is 11.6 Å². The van der Waals surface area contributed by atoms with Crippen molar-refractivity contribution in [3.05, 3.63) is 64.2 Å². The first-order valence-corrected chi connectivity index (χ1v) is 8.63. The molecule has 5 heteroatoms. The Morgan fingerprint density at radius 2 is 1.92 bits per heavy atom. The molecule has 1 heterocycles. The molecule has 2 aromatic carbocycles. The van der Waals surface area contributed by atoms with Gasteiger partial charge in [-0.15, -0.1) is 0 Å². The van der Waals surface area contributed by atoms with Crippen molar-refractivity contribution < 1.29 is 14.3 Å². The van der Waals surface area contributed by atoms with E-state index in [4.69, 9.17) is 21.1 Å². The summed E-state index contributed by atoms with van der Waals surface area (Å²) in [6, 6.07) is 13.0. The number of ether oxygens (including phenoxy) is 2. The van der Waals surface area contributed by atoms with E-state index in [1.807, 2.05) is 50.5 Å². The molecule has 0 amide bonds. The molecule has 1 unspecified atom stereocenters. The molecule has 0 saturated heterocycles. The van der Waals surface area contributed by atoms with Crippen LogP contribution in [0.5, 0.6) is 5.75 Å². The molecule has 1 aliphatic rings. The first-order chi connectivity index (χ1) is 11.9. The van der Waals surface area contributed by atoms with Gasteiger partial charge in [-0.2, -0.15) is 0 Å². The molecule has 0 bridgehead atoms. The third-order valence-electron chi connectivity index (χ3n) is 4.66. The fourth-order valence-corrected chi connectivity index (χ4v) is 3.41. The van der Waals surface area contributed by atoms with Crippen LogP contribution in [0.25, 0.3) is 0 Å². The number of hydrogen-bond acceptors (Lipinski definition) is 4. The van der Waals surface area contributed by atoms with Crippen molar-refractivity contribution in [3.63, 3.8) is 0 Å². The van der Waals surface area contributed by atoms with E-state index in [9.17, 15) is 4.79 Å². The minimum Gasteiger partial charge on any atom is -0.496 e. The van der Waals surface area contributed by atoms with Gasteiger partial charge in [-0.05, 0) is 43.9 Å². The fourth-order valence-electron chi connectivity index (χ4n) is 3.29. The molecule has 0 aliphatic carbocycles. The molecule has 4 nitrogen and oxygen atoms in total. The van der Waals surface area contributed by atoms with Crippen molar-refractivity contribution in [2.24, 2.45) is 0 Å². The Kier molecular flexibility index (Phi) is 5.02. The number of rotatable bonds is 5. The van der Waals surface area contributed by atoms with E-state index in [2.05, 4.69) is 4.90 Å². The van der Waals surface area contributed by atoms with Gasteiger partial charge in [-0.3, -0.25) is 0 Å². The van der Waals surface area contributed by atoms with Crippen LogP contribution in [0.4, 0.5) is 0 Å². The molecule has 0 spiro atoms. The predicted molar refractivity (Wildman–Crippen MR) is 98.4 cm³/mol. The SMILES string of the molecule is COc1cccc2c1CC(CCN(C)C)(c1ccc(Cl)cc1)OC2=O. The van der Waals surface area contributed by atoms with E-state index in [1.165, 1.54) is 0 Å². The van der Waals surface area contributed by atoms with Crippen LogP contribution in [0.1, 0.15) is 27.9 Å². The zero-order chi connectivity index (χ0) is 18.0. The van der Waals surface area contributed by atoms with E-state index in [0.29, 0.717) is 23.4 Å². The Hall–Kier alpha value is -2.04. The summed E-state index contributed by atoms with van der Waals surface area (Å²) in [6.45, 7) is 0.792. The molecular formula is C20H22ClNO3. The van der Waals surface area contributed by atoms with Crippen molar-refractivity contribution in [2.45, 2.75) is 18.4 Å². The summed E-state index contributed by atoms with van der Waals surface area (Å²) < 4.78 is 11.5. The van der Waals surface area contributed by atoms with E-state index >= 15 is 0 Å². The van der Waals surface area contributed by atoms with E-state index in [0.717, 1.165) is 23.4 Å². The molecule has 2 aromatic rings.